The van der Waals surface area contributed by atoms with Crippen LogP contribution in [-0.2, 0) is 19.1 Å². The summed E-state index contributed by atoms with van der Waals surface area (Å²) in [5.41, 5.74) is 0.857. The van der Waals surface area contributed by atoms with Crippen LogP contribution in [-0.4, -0.2) is 30.9 Å². The lowest BCUT2D eigenvalue weighted by atomic mass is 9.89. The molecule has 2 rings (SSSR count). The lowest BCUT2D eigenvalue weighted by Gasteiger charge is -2.23. The lowest BCUT2D eigenvalue weighted by Crippen LogP contribution is -2.33. The van der Waals surface area contributed by atoms with Crippen molar-refractivity contribution in [2.45, 2.75) is 12.8 Å². The third-order valence-corrected chi connectivity index (χ3v) is 3.45. The van der Waals surface area contributed by atoms with Gasteiger partial charge in [0.05, 0.1) is 18.1 Å². The fourth-order valence-electron chi connectivity index (χ4n) is 1.90. The summed E-state index contributed by atoms with van der Waals surface area (Å²) < 4.78 is 10.5. The summed E-state index contributed by atoms with van der Waals surface area (Å²) in [6.45, 7) is 1.64. The van der Waals surface area contributed by atoms with Crippen molar-refractivity contribution < 1.29 is 23.9 Å². The van der Waals surface area contributed by atoms with E-state index >= 15 is 0 Å². The van der Waals surface area contributed by atoms with Crippen molar-refractivity contribution in [2.24, 2.45) is 0 Å². The fourth-order valence-corrected chi connectivity index (χ4v) is 2.41. The van der Waals surface area contributed by atoms with Crippen molar-refractivity contribution in [3.05, 3.63) is 32.9 Å². The summed E-state index contributed by atoms with van der Waals surface area (Å²) in [6.07, 6.45) is 0. The van der Waals surface area contributed by atoms with Gasteiger partial charge in [-0.05, 0) is 53.3 Å². The second-order valence-electron chi connectivity index (χ2n) is 3.97. The minimum Gasteiger partial charge on any atom is -0.461 e. The molecule has 1 aliphatic heterocycles. The van der Waals surface area contributed by atoms with Crippen molar-refractivity contribution in [2.75, 3.05) is 13.2 Å². The number of carbonyl (C=O) groups is 3. The van der Waals surface area contributed by atoms with Gasteiger partial charge >= 0.3 is 11.9 Å². The summed E-state index contributed by atoms with van der Waals surface area (Å²) in [4.78, 5) is 35.1. The molecule has 0 aromatic heterocycles. The Morgan fingerprint density at radius 3 is 2.89 bits per heavy atom. The van der Waals surface area contributed by atoms with E-state index in [1.807, 2.05) is 0 Å². The Balaban J connectivity index is 2.37. The van der Waals surface area contributed by atoms with Crippen LogP contribution in [0.15, 0.2) is 18.2 Å². The number of hydrogen-bond donors (Lipinski definition) is 0. The summed E-state index contributed by atoms with van der Waals surface area (Å²) >= 11 is 2.08. The molecule has 0 amide bonds. The van der Waals surface area contributed by atoms with Crippen LogP contribution >= 0.6 is 22.6 Å². The highest BCUT2D eigenvalue weighted by Crippen LogP contribution is 2.29. The number of halogens is 1. The Kier molecular flexibility index (Phi) is 4.18. The zero-order valence-electron chi connectivity index (χ0n) is 10.1. The standard InChI is InChI=1S/C13H11IO5/c1-2-18-13(17)11(15)10-6-19-12(16)8-4-3-7(14)5-9(8)10/h3-5,10H,2,6H2,1H3. The molecule has 0 saturated carbocycles. The second kappa shape index (κ2) is 5.68. The van der Waals surface area contributed by atoms with Crippen LogP contribution in [0.25, 0.3) is 0 Å². The highest BCUT2D eigenvalue weighted by Gasteiger charge is 2.36. The Morgan fingerprint density at radius 1 is 1.47 bits per heavy atom. The van der Waals surface area contributed by atoms with Crippen LogP contribution in [0.5, 0.6) is 0 Å². The number of benzene rings is 1. The van der Waals surface area contributed by atoms with Gasteiger partial charge in [0.2, 0.25) is 0 Å². The fraction of sp³-hybridized carbons (Fsp3) is 0.308. The van der Waals surface area contributed by atoms with Gasteiger partial charge in [-0.15, -0.1) is 0 Å². The van der Waals surface area contributed by atoms with Crippen molar-refractivity contribution in [3.63, 3.8) is 0 Å². The molecule has 5 nitrogen and oxygen atoms in total. The van der Waals surface area contributed by atoms with Gasteiger partial charge in [-0.1, -0.05) is 0 Å². The molecular weight excluding hydrogens is 363 g/mol. The molecule has 1 aromatic rings. The summed E-state index contributed by atoms with van der Waals surface area (Å²) in [5, 5.41) is 0. The number of ketones is 1. The zero-order valence-corrected chi connectivity index (χ0v) is 12.3. The Bertz CT molecular complexity index is 552. The Labute approximate surface area is 123 Å². The molecule has 1 heterocycles. The molecule has 19 heavy (non-hydrogen) atoms. The molecule has 0 N–H and O–H groups in total. The maximum absolute atomic E-state index is 12.0. The summed E-state index contributed by atoms with van der Waals surface area (Å²) in [7, 11) is 0. The van der Waals surface area contributed by atoms with Gasteiger partial charge in [0.1, 0.15) is 6.61 Å². The molecule has 100 valence electrons. The first-order valence-electron chi connectivity index (χ1n) is 5.72. The Hall–Kier alpha value is -1.44. The number of fused-ring (bicyclic) bond motifs is 1. The third-order valence-electron chi connectivity index (χ3n) is 2.78. The van der Waals surface area contributed by atoms with Crippen LogP contribution in [0, 0.1) is 3.57 Å². The van der Waals surface area contributed by atoms with E-state index in [2.05, 4.69) is 22.6 Å². The molecule has 0 aliphatic carbocycles. The molecule has 1 aliphatic rings. The number of Topliss-reactive ketones (excluding diaryl/α,β-unsaturated/α-hetero) is 1. The van der Waals surface area contributed by atoms with Gasteiger partial charge in [-0.2, -0.15) is 0 Å². The zero-order chi connectivity index (χ0) is 14.0. The van der Waals surface area contributed by atoms with Crippen LogP contribution in [0.1, 0.15) is 28.8 Å². The van der Waals surface area contributed by atoms with Crippen molar-refractivity contribution >= 4 is 40.3 Å². The van der Waals surface area contributed by atoms with E-state index in [9.17, 15) is 14.4 Å². The molecule has 1 aromatic carbocycles. The molecule has 0 radical (unpaired) electrons. The quantitative estimate of drug-likeness (QED) is 0.458. The van der Waals surface area contributed by atoms with Gasteiger partial charge in [-0.25, -0.2) is 9.59 Å². The van der Waals surface area contributed by atoms with Crippen molar-refractivity contribution in [1.29, 1.82) is 0 Å². The molecule has 0 saturated heterocycles. The Morgan fingerprint density at radius 2 is 2.21 bits per heavy atom. The van der Waals surface area contributed by atoms with Crippen LogP contribution < -0.4 is 0 Å². The highest BCUT2D eigenvalue weighted by molar-refractivity contribution is 14.1. The van der Waals surface area contributed by atoms with Gasteiger partial charge in [0, 0.05) is 3.57 Å². The number of carbonyl (C=O) groups excluding carboxylic acids is 3. The number of cyclic esters (lactones) is 1. The molecule has 1 unspecified atom stereocenters. The largest absolute Gasteiger partial charge is 0.461 e. The average Bonchev–Trinajstić information content (AvgIpc) is 2.38. The van der Waals surface area contributed by atoms with Crippen molar-refractivity contribution in [3.8, 4) is 0 Å². The molecule has 1 atom stereocenters. The minimum atomic E-state index is -0.893. The third kappa shape index (κ3) is 2.78. The first-order chi connectivity index (χ1) is 9.04. The normalized spacial score (nSPS) is 17.4. The average molecular weight is 374 g/mol. The topological polar surface area (TPSA) is 69.7 Å². The van der Waals surface area contributed by atoms with Crippen molar-refractivity contribution in [1.82, 2.24) is 0 Å². The van der Waals surface area contributed by atoms with E-state index in [4.69, 9.17) is 9.47 Å². The molecule has 6 heteroatoms. The molecule has 0 spiro atoms. The first-order valence-corrected chi connectivity index (χ1v) is 6.80. The van der Waals surface area contributed by atoms with E-state index < -0.39 is 23.6 Å². The number of ether oxygens (including phenoxy) is 2. The van der Waals surface area contributed by atoms with Crippen LogP contribution in [0.3, 0.4) is 0 Å². The number of rotatable bonds is 3. The van der Waals surface area contributed by atoms with Gasteiger partial charge in [0.25, 0.3) is 5.78 Å². The maximum atomic E-state index is 12.0. The van der Waals surface area contributed by atoms with Gasteiger partial charge in [0.15, 0.2) is 0 Å². The monoisotopic (exact) mass is 374 g/mol. The smallest absolute Gasteiger partial charge is 0.375 e. The van der Waals surface area contributed by atoms with E-state index in [-0.39, 0.29) is 13.2 Å². The first kappa shape index (κ1) is 14.0. The predicted molar refractivity (Wildman–Crippen MR) is 73.8 cm³/mol. The molecular formula is C13H11IO5. The van der Waals surface area contributed by atoms with Gasteiger partial charge < -0.3 is 9.47 Å². The van der Waals surface area contributed by atoms with E-state index in [1.165, 1.54) is 0 Å². The lowest BCUT2D eigenvalue weighted by molar-refractivity contribution is -0.154. The van der Waals surface area contributed by atoms with Crippen LogP contribution in [0.4, 0.5) is 0 Å². The molecule has 0 bridgehead atoms. The van der Waals surface area contributed by atoms with Crippen LogP contribution in [0.2, 0.25) is 0 Å². The predicted octanol–water partition coefficient (Wildman–Crippen LogP) is 1.68. The molecule has 0 fully saturated rings. The minimum absolute atomic E-state index is 0.121. The van der Waals surface area contributed by atoms with E-state index in [0.717, 1.165) is 3.57 Å². The second-order valence-corrected chi connectivity index (χ2v) is 5.21. The summed E-state index contributed by atoms with van der Waals surface area (Å²) in [5.74, 6) is -2.83. The maximum Gasteiger partial charge on any atom is 0.375 e. The number of hydrogen-bond acceptors (Lipinski definition) is 5. The SMILES string of the molecule is CCOC(=O)C(=O)C1COC(=O)c2ccc(I)cc21. The highest BCUT2D eigenvalue weighted by atomic mass is 127. The van der Waals surface area contributed by atoms with E-state index in [1.54, 1.807) is 25.1 Å². The van der Waals surface area contributed by atoms with E-state index in [0.29, 0.717) is 11.1 Å². The number of esters is 2. The van der Waals surface area contributed by atoms with Gasteiger partial charge in [-0.3, -0.25) is 4.79 Å². The summed E-state index contributed by atoms with van der Waals surface area (Å²) in [6, 6.07) is 5.07.